The lowest BCUT2D eigenvalue weighted by molar-refractivity contribution is -0.121. The van der Waals surface area contributed by atoms with E-state index in [1.807, 2.05) is 30.3 Å². The number of benzene rings is 1. The molecule has 116 valence electrons. The Morgan fingerprint density at radius 3 is 2.14 bits per heavy atom. The summed E-state index contributed by atoms with van der Waals surface area (Å²) in [5.74, 6) is -0.937. The summed E-state index contributed by atoms with van der Waals surface area (Å²) in [6, 6.07) is 9.27. The fourth-order valence-corrected chi connectivity index (χ4v) is 1.65. The van der Waals surface area contributed by atoms with Crippen LogP contribution in [0.1, 0.15) is 5.56 Å². The summed E-state index contributed by atoms with van der Waals surface area (Å²) < 4.78 is 0. The van der Waals surface area contributed by atoms with Crippen molar-refractivity contribution in [1.82, 2.24) is 20.9 Å². The van der Waals surface area contributed by atoms with Gasteiger partial charge in [0, 0.05) is 31.8 Å². The van der Waals surface area contributed by atoms with Crippen LogP contribution in [0.3, 0.4) is 0 Å². The molecule has 0 saturated carbocycles. The number of hydrogen-bond acceptors (Lipinski definition) is 4. The van der Waals surface area contributed by atoms with Gasteiger partial charge in [0.15, 0.2) is 0 Å². The molecule has 0 heterocycles. The number of nitrogens with one attached hydrogen (secondary N) is 2. The van der Waals surface area contributed by atoms with Gasteiger partial charge in [-0.2, -0.15) is 0 Å². The molecule has 0 aliphatic carbocycles. The van der Waals surface area contributed by atoms with Gasteiger partial charge in [-0.15, -0.1) is 0 Å². The molecule has 0 bridgehead atoms. The summed E-state index contributed by atoms with van der Waals surface area (Å²) in [7, 11) is 3.20. The van der Waals surface area contributed by atoms with Gasteiger partial charge in [0.25, 0.3) is 11.8 Å². The minimum absolute atomic E-state index is 0.465. The second-order valence-corrected chi connectivity index (χ2v) is 4.83. The van der Waals surface area contributed by atoms with Crippen molar-refractivity contribution in [3.8, 4) is 0 Å². The Labute approximate surface area is 139 Å². The van der Waals surface area contributed by atoms with Crippen molar-refractivity contribution in [2.75, 3.05) is 14.1 Å². The lowest BCUT2D eigenvalue weighted by Gasteiger charge is -2.20. The number of nitrogens with zero attached hydrogens (tertiary/aromatic N) is 2. The smallest absolute Gasteiger partial charge is 0.262 e. The molecule has 1 aromatic carbocycles. The summed E-state index contributed by atoms with van der Waals surface area (Å²) >= 11 is 9.88. The Morgan fingerprint density at radius 2 is 1.59 bits per heavy atom. The van der Waals surface area contributed by atoms with Crippen molar-refractivity contribution < 1.29 is 9.59 Å². The molecule has 0 saturated heterocycles. The third-order valence-corrected chi connectivity index (χ3v) is 3.26. The minimum Gasteiger partial charge on any atom is -0.285 e. The number of hydrazine groups is 2. The van der Waals surface area contributed by atoms with Gasteiger partial charge in [0.05, 0.1) is 5.49 Å². The van der Waals surface area contributed by atoms with E-state index < -0.39 is 11.8 Å². The summed E-state index contributed by atoms with van der Waals surface area (Å²) in [5, 5.41) is 2.72. The molecule has 1 rings (SSSR count). The van der Waals surface area contributed by atoms with Crippen molar-refractivity contribution in [2.24, 2.45) is 0 Å². The maximum Gasteiger partial charge on any atom is 0.262 e. The first-order valence-electron chi connectivity index (χ1n) is 6.24. The highest BCUT2D eigenvalue weighted by atomic mass is 32.1. The normalized spacial score (nSPS) is 9.91. The Balaban J connectivity index is 2.52. The fraction of sp³-hybridized carbons (Fsp3) is 0.143. The zero-order valence-corrected chi connectivity index (χ0v) is 13.8. The van der Waals surface area contributed by atoms with E-state index >= 15 is 0 Å². The Bertz CT molecular complexity index is 590. The number of carbonyl (C=O) groups excluding carboxylic acids is 2. The zero-order valence-electron chi connectivity index (χ0n) is 12.1. The maximum atomic E-state index is 11.7. The Kier molecular flexibility index (Phi) is 7.14. The van der Waals surface area contributed by atoms with E-state index in [0.29, 0.717) is 4.99 Å². The van der Waals surface area contributed by atoms with Crippen LogP contribution in [-0.4, -0.2) is 46.4 Å². The van der Waals surface area contributed by atoms with Crippen molar-refractivity contribution >= 4 is 46.7 Å². The summed E-state index contributed by atoms with van der Waals surface area (Å²) in [5.41, 5.74) is 7.03. The molecule has 0 aromatic heterocycles. The van der Waals surface area contributed by atoms with Gasteiger partial charge in [0.2, 0.25) is 0 Å². The monoisotopic (exact) mass is 336 g/mol. The van der Waals surface area contributed by atoms with Crippen LogP contribution in [0.5, 0.6) is 0 Å². The predicted octanol–water partition coefficient (Wildman–Crippen LogP) is 0.802. The van der Waals surface area contributed by atoms with E-state index in [2.05, 4.69) is 23.1 Å². The van der Waals surface area contributed by atoms with Gasteiger partial charge < -0.3 is 0 Å². The van der Waals surface area contributed by atoms with Gasteiger partial charge in [-0.05, 0) is 0 Å². The molecule has 0 atom stereocenters. The highest BCUT2D eigenvalue weighted by Gasteiger charge is 2.08. The molecule has 2 N–H and O–H groups in total. The SMILES string of the molecule is CN(C=S)NC(=O)/C=C/C(=O)NN(C)C(=S)c1ccccc1. The largest absolute Gasteiger partial charge is 0.285 e. The average Bonchev–Trinajstić information content (AvgIpc) is 2.52. The van der Waals surface area contributed by atoms with Gasteiger partial charge in [-0.1, -0.05) is 54.8 Å². The van der Waals surface area contributed by atoms with E-state index in [-0.39, 0.29) is 0 Å². The predicted molar refractivity (Wildman–Crippen MR) is 92.7 cm³/mol. The van der Waals surface area contributed by atoms with Crippen LogP contribution in [0.25, 0.3) is 0 Å². The number of thiocarbonyl (C=S) groups is 2. The first kappa shape index (κ1) is 17.7. The van der Waals surface area contributed by atoms with E-state index in [0.717, 1.165) is 17.7 Å². The van der Waals surface area contributed by atoms with Crippen LogP contribution in [0.15, 0.2) is 42.5 Å². The second-order valence-electron chi connectivity index (χ2n) is 4.23. The Hall–Kier alpha value is -2.32. The van der Waals surface area contributed by atoms with Crippen LogP contribution >= 0.6 is 24.4 Å². The molecule has 0 unspecified atom stereocenters. The minimum atomic E-state index is -0.471. The molecule has 1 aromatic rings. The third-order valence-electron chi connectivity index (χ3n) is 2.43. The summed E-state index contributed by atoms with van der Waals surface area (Å²) in [6.07, 6.45) is 2.21. The topological polar surface area (TPSA) is 64.7 Å². The fourth-order valence-electron chi connectivity index (χ4n) is 1.42. The van der Waals surface area contributed by atoms with E-state index in [9.17, 15) is 9.59 Å². The molecule has 0 fully saturated rings. The summed E-state index contributed by atoms with van der Waals surface area (Å²) in [6.45, 7) is 0. The molecule has 0 spiro atoms. The van der Waals surface area contributed by atoms with Gasteiger partial charge in [0.1, 0.15) is 4.99 Å². The molecular formula is C14H16N4O2S2. The van der Waals surface area contributed by atoms with Crippen molar-refractivity contribution in [3.63, 3.8) is 0 Å². The molecule has 6 nitrogen and oxygen atoms in total. The first-order valence-corrected chi connectivity index (χ1v) is 7.12. The van der Waals surface area contributed by atoms with Crippen molar-refractivity contribution in [3.05, 3.63) is 48.0 Å². The highest BCUT2D eigenvalue weighted by molar-refractivity contribution is 7.80. The third kappa shape index (κ3) is 5.98. The maximum absolute atomic E-state index is 11.7. The van der Waals surface area contributed by atoms with E-state index in [4.69, 9.17) is 12.2 Å². The van der Waals surface area contributed by atoms with Crippen LogP contribution in [0.4, 0.5) is 0 Å². The van der Waals surface area contributed by atoms with Crippen LogP contribution in [0.2, 0.25) is 0 Å². The Morgan fingerprint density at radius 1 is 1.05 bits per heavy atom. The van der Waals surface area contributed by atoms with Crippen molar-refractivity contribution in [2.45, 2.75) is 0 Å². The molecular weight excluding hydrogens is 320 g/mol. The average molecular weight is 336 g/mol. The van der Waals surface area contributed by atoms with Crippen molar-refractivity contribution in [1.29, 1.82) is 0 Å². The zero-order chi connectivity index (χ0) is 16.5. The van der Waals surface area contributed by atoms with Crippen LogP contribution in [-0.2, 0) is 9.59 Å². The molecule has 0 radical (unpaired) electrons. The quantitative estimate of drug-likeness (QED) is 0.471. The standard InChI is InChI=1S/C14H16N4O2S2/c1-17(10-21)15-12(19)8-9-13(20)16-18(2)14(22)11-6-4-3-5-7-11/h3-10H,1-2H3,(H,15,19)(H,16,20)/b9-8+. The first-order chi connectivity index (χ1) is 10.4. The van der Waals surface area contributed by atoms with E-state index in [1.54, 1.807) is 14.1 Å². The number of rotatable bonds is 5. The van der Waals surface area contributed by atoms with Crippen LogP contribution < -0.4 is 10.9 Å². The highest BCUT2D eigenvalue weighted by Crippen LogP contribution is 2.02. The second kappa shape index (κ2) is 8.85. The van der Waals surface area contributed by atoms with Crippen LogP contribution in [0, 0.1) is 0 Å². The van der Waals surface area contributed by atoms with E-state index in [1.165, 1.54) is 15.5 Å². The van der Waals surface area contributed by atoms with Gasteiger partial charge in [-0.3, -0.25) is 30.5 Å². The number of amides is 2. The summed E-state index contributed by atoms with van der Waals surface area (Å²) in [4.78, 5) is 23.6. The molecule has 2 amide bonds. The van der Waals surface area contributed by atoms with Gasteiger partial charge >= 0.3 is 0 Å². The lowest BCUT2D eigenvalue weighted by atomic mass is 10.2. The van der Waals surface area contributed by atoms with Gasteiger partial charge in [-0.25, -0.2) is 0 Å². The molecule has 22 heavy (non-hydrogen) atoms. The number of hydrogen-bond donors (Lipinski definition) is 2. The molecule has 0 aliphatic heterocycles. The molecule has 0 aliphatic rings. The number of carbonyl (C=O) groups is 2. The lowest BCUT2D eigenvalue weighted by Crippen LogP contribution is -2.42. The molecule has 8 heteroatoms.